The van der Waals surface area contributed by atoms with Gasteiger partial charge in [-0.3, -0.25) is 4.39 Å². The number of aryl methyl sites for hydroxylation is 1. The van der Waals surface area contributed by atoms with Crippen molar-refractivity contribution in [2.45, 2.75) is 12.8 Å². The zero-order valence-corrected chi connectivity index (χ0v) is 7.74. The highest BCUT2D eigenvalue weighted by Gasteiger charge is 2.05. The number of alkyl halides is 1. The summed E-state index contributed by atoms with van der Waals surface area (Å²) in [5.74, 6) is -0.277. The van der Waals surface area contributed by atoms with Gasteiger partial charge in [-0.25, -0.2) is 0 Å². The van der Waals surface area contributed by atoms with E-state index >= 15 is 0 Å². The van der Waals surface area contributed by atoms with Crippen LogP contribution < -0.4 is 0 Å². The molecule has 0 N–H and O–H groups in total. The molecule has 0 aliphatic heterocycles. The van der Waals surface area contributed by atoms with Gasteiger partial charge in [-0.2, -0.15) is 0 Å². The van der Waals surface area contributed by atoms with Crippen LogP contribution in [-0.4, -0.2) is 6.67 Å². The van der Waals surface area contributed by atoms with Crippen molar-refractivity contribution in [1.29, 1.82) is 0 Å². The van der Waals surface area contributed by atoms with Gasteiger partial charge in [0.2, 0.25) is 0 Å². The Kier molecular flexibility index (Phi) is 3.10. The molecule has 0 fully saturated rings. The van der Waals surface area contributed by atoms with E-state index in [1.54, 1.807) is 6.07 Å². The highest BCUT2D eigenvalue weighted by Crippen LogP contribution is 2.21. The van der Waals surface area contributed by atoms with Crippen molar-refractivity contribution in [1.82, 2.24) is 0 Å². The highest BCUT2D eigenvalue weighted by atomic mass is 35.5. The molecule has 0 heterocycles. The number of hydrogen-bond acceptors (Lipinski definition) is 0. The van der Waals surface area contributed by atoms with E-state index in [4.69, 9.17) is 11.6 Å². The lowest BCUT2D eigenvalue weighted by Gasteiger charge is -2.08. The summed E-state index contributed by atoms with van der Waals surface area (Å²) in [5, 5.41) is 0.713. The summed E-state index contributed by atoms with van der Waals surface area (Å²) in [6, 6.07) is 5.46. The van der Waals surface area contributed by atoms with Crippen molar-refractivity contribution >= 4 is 11.6 Å². The second-order valence-corrected chi connectivity index (χ2v) is 3.27. The molecule has 0 aliphatic carbocycles. The van der Waals surface area contributed by atoms with Crippen LogP contribution in [0.2, 0.25) is 5.02 Å². The molecule has 0 saturated heterocycles. The predicted octanol–water partition coefficient (Wildman–Crippen LogP) is 3.54. The van der Waals surface area contributed by atoms with E-state index in [9.17, 15) is 4.39 Å². The first-order valence-corrected chi connectivity index (χ1v) is 4.18. The fourth-order valence-corrected chi connectivity index (χ4v) is 1.13. The van der Waals surface area contributed by atoms with E-state index in [1.165, 1.54) is 0 Å². The zero-order valence-electron chi connectivity index (χ0n) is 6.98. The van der Waals surface area contributed by atoms with Crippen LogP contribution in [0.5, 0.6) is 0 Å². The molecule has 0 nitrogen and oxygen atoms in total. The third kappa shape index (κ3) is 1.98. The summed E-state index contributed by atoms with van der Waals surface area (Å²) in [4.78, 5) is 0. The molecule has 1 aromatic rings. The molecule has 65 valence electrons. The Hall–Kier alpha value is -0.560. The Balaban J connectivity index is 2.96. The van der Waals surface area contributed by atoms with Crippen LogP contribution in [0.1, 0.15) is 17.0 Å². The molecule has 1 aromatic carbocycles. The minimum Gasteiger partial charge on any atom is -0.250 e. The smallest absolute Gasteiger partial charge is 0.0962 e. The van der Waals surface area contributed by atoms with Crippen molar-refractivity contribution < 1.29 is 4.39 Å². The monoisotopic (exact) mass is 185 g/mol. The molecule has 0 aromatic heterocycles. The topological polar surface area (TPSA) is 0 Å². The maximum Gasteiger partial charge on any atom is 0.0962 e. The Morgan fingerprint density at radius 3 is 2.75 bits per heavy atom. The molecular weight excluding hydrogens is 175 g/mol. The van der Waals surface area contributed by atoms with Gasteiger partial charge in [0.25, 0.3) is 0 Å². The van der Waals surface area contributed by atoms with Crippen molar-refractivity contribution in [3.8, 4) is 0 Å². The number of rotatable bonds is 2. The minimum absolute atomic E-state index is 0.277. The molecule has 0 spiro atoms. The lowest BCUT2D eigenvalue weighted by Crippen LogP contribution is -1.95. The average Bonchev–Trinajstić information content (AvgIpc) is 2.08. The van der Waals surface area contributed by atoms with Gasteiger partial charge in [0.05, 0.1) is 6.67 Å². The maximum atomic E-state index is 12.2. The summed E-state index contributed by atoms with van der Waals surface area (Å²) in [5.41, 5.74) is 1.87. The summed E-state index contributed by atoms with van der Waals surface area (Å²) in [7, 11) is 0. The second kappa shape index (κ2) is 3.90. The van der Waals surface area contributed by atoms with Gasteiger partial charge in [-0.1, -0.05) is 23.7 Å². The van der Waals surface area contributed by atoms with E-state index in [2.05, 4.69) is 6.92 Å². The largest absolute Gasteiger partial charge is 0.250 e. The minimum atomic E-state index is -0.429. The molecule has 12 heavy (non-hydrogen) atoms. The first-order valence-electron chi connectivity index (χ1n) is 3.80. The molecule has 0 bridgehead atoms. The molecule has 0 aliphatic rings. The van der Waals surface area contributed by atoms with E-state index in [1.807, 2.05) is 19.1 Å². The van der Waals surface area contributed by atoms with Crippen LogP contribution in [0.15, 0.2) is 18.2 Å². The zero-order chi connectivity index (χ0) is 9.14. The van der Waals surface area contributed by atoms with Crippen LogP contribution in [0.25, 0.3) is 0 Å². The van der Waals surface area contributed by atoms with Gasteiger partial charge in [0.1, 0.15) is 0 Å². The quantitative estimate of drug-likeness (QED) is 0.661. The second-order valence-electron chi connectivity index (χ2n) is 2.86. The van der Waals surface area contributed by atoms with E-state index in [-0.39, 0.29) is 5.92 Å². The SMILES string of the molecule is [CH2]C(CF)c1ccc(Cl)c(C)c1. The van der Waals surface area contributed by atoms with Crippen molar-refractivity contribution in [3.63, 3.8) is 0 Å². The molecule has 1 unspecified atom stereocenters. The van der Waals surface area contributed by atoms with Gasteiger partial charge in [0, 0.05) is 10.9 Å². The summed E-state index contributed by atoms with van der Waals surface area (Å²) < 4.78 is 12.2. The van der Waals surface area contributed by atoms with Crippen LogP contribution in [0, 0.1) is 13.8 Å². The van der Waals surface area contributed by atoms with Crippen LogP contribution >= 0.6 is 11.6 Å². The number of halogens is 2. The van der Waals surface area contributed by atoms with Crippen molar-refractivity contribution in [3.05, 3.63) is 41.3 Å². The maximum absolute atomic E-state index is 12.2. The lowest BCUT2D eigenvalue weighted by atomic mass is 10.0. The van der Waals surface area contributed by atoms with Crippen LogP contribution in [0.3, 0.4) is 0 Å². The van der Waals surface area contributed by atoms with E-state index in [0.717, 1.165) is 11.1 Å². The third-order valence-electron chi connectivity index (χ3n) is 1.84. The third-order valence-corrected chi connectivity index (χ3v) is 2.26. The summed E-state index contributed by atoms with van der Waals surface area (Å²) >= 11 is 5.81. The summed E-state index contributed by atoms with van der Waals surface area (Å²) in [6.45, 7) is 5.15. The Morgan fingerprint density at radius 1 is 1.58 bits per heavy atom. The molecular formula is C10H11ClF. The van der Waals surface area contributed by atoms with Crippen molar-refractivity contribution in [2.24, 2.45) is 0 Å². The molecule has 1 atom stereocenters. The standard InChI is InChI=1S/C10H11ClF/c1-7-5-9(8(2)6-12)3-4-10(7)11/h3-5,8H,2,6H2,1H3. The lowest BCUT2D eigenvalue weighted by molar-refractivity contribution is 0.465. The Morgan fingerprint density at radius 2 is 2.25 bits per heavy atom. The van der Waals surface area contributed by atoms with E-state index in [0.29, 0.717) is 5.02 Å². The first-order chi connectivity index (χ1) is 5.65. The van der Waals surface area contributed by atoms with Crippen LogP contribution in [0.4, 0.5) is 4.39 Å². The summed E-state index contributed by atoms with van der Waals surface area (Å²) in [6.07, 6.45) is 0. The Bertz CT molecular complexity index is 271. The number of benzene rings is 1. The van der Waals surface area contributed by atoms with Gasteiger partial charge in [-0.05, 0) is 31.0 Å². The van der Waals surface area contributed by atoms with E-state index < -0.39 is 6.67 Å². The average molecular weight is 186 g/mol. The van der Waals surface area contributed by atoms with Gasteiger partial charge >= 0.3 is 0 Å². The molecule has 1 radical (unpaired) electrons. The fourth-order valence-electron chi connectivity index (χ4n) is 1.01. The molecule has 0 amide bonds. The molecule has 2 heteroatoms. The van der Waals surface area contributed by atoms with Crippen LogP contribution in [-0.2, 0) is 0 Å². The Labute approximate surface area is 77.4 Å². The molecule has 0 saturated carbocycles. The predicted molar refractivity (Wildman–Crippen MR) is 50.3 cm³/mol. The normalized spacial score (nSPS) is 13.0. The fraction of sp³-hybridized carbons (Fsp3) is 0.300. The number of hydrogen-bond donors (Lipinski definition) is 0. The molecule has 1 rings (SSSR count). The van der Waals surface area contributed by atoms with Crippen molar-refractivity contribution in [2.75, 3.05) is 6.67 Å². The van der Waals surface area contributed by atoms with Gasteiger partial charge < -0.3 is 0 Å². The highest BCUT2D eigenvalue weighted by molar-refractivity contribution is 6.31. The van der Waals surface area contributed by atoms with Gasteiger partial charge in [0.15, 0.2) is 0 Å². The first kappa shape index (κ1) is 9.53. The van der Waals surface area contributed by atoms with Gasteiger partial charge in [-0.15, -0.1) is 0 Å².